The van der Waals surface area contributed by atoms with Gasteiger partial charge in [-0.15, -0.1) is 0 Å². The van der Waals surface area contributed by atoms with Gasteiger partial charge in [0.05, 0.1) is 6.04 Å². The maximum Gasteiger partial charge on any atom is 0.356 e. The number of hydrogen-bond acceptors (Lipinski definition) is 2. The summed E-state index contributed by atoms with van der Waals surface area (Å²) in [6.45, 7) is 4.00. The zero-order valence-corrected chi connectivity index (χ0v) is 8.40. The second-order valence-electron chi connectivity index (χ2n) is 4.00. The molecule has 1 aromatic heterocycles. The van der Waals surface area contributed by atoms with Gasteiger partial charge in [0.1, 0.15) is 0 Å². The first-order valence-electron chi connectivity index (χ1n) is 4.89. The van der Waals surface area contributed by atoms with Crippen molar-refractivity contribution in [2.45, 2.75) is 32.7 Å². The predicted octanol–water partition coefficient (Wildman–Crippen LogP) is 1.86. The van der Waals surface area contributed by atoms with Crippen LogP contribution in [0.3, 0.4) is 0 Å². The van der Waals surface area contributed by atoms with Crippen LogP contribution in [-0.2, 0) is 0 Å². The molecule has 0 bridgehead atoms. The van der Waals surface area contributed by atoms with Crippen LogP contribution < -0.4 is 0 Å². The number of rotatable bonds is 3. The third-order valence-corrected chi connectivity index (χ3v) is 2.83. The Morgan fingerprint density at radius 2 is 2.36 bits per heavy atom. The second kappa shape index (κ2) is 3.12. The van der Waals surface area contributed by atoms with Gasteiger partial charge in [-0.25, -0.2) is 4.79 Å². The highest BCUT2D eigenvalue weighted by atomic mass is 16.4. The molecule has 1 N–H and O–H groups in total. The summed E-state index contributed by atoms with van der Waals surface area (Å²) in [6, 6.07) is 1.96. The molecular weight excluding hydrogens is 180 g/mol. The van der Waals surface area contributed by atoms with Crippen molar-refractivity contribution < 1.29 is 9.90 Å². The number of hydrogen-bond donors (Lipinski definition) is 1. The molecule has 76 valence electrons. The Balaban J connectivity index is 2.28. The van der Waals surface area contributed by atoms with Gasteiger partial charge in [-0.1, -0.05) is 0 Å². The van der Waals surface area contributed by atoms with E-state index in [2.05, 4.69) is 12.0 Å². The van der Waals surface area contributed by atoms with Crippen LogP contribution in [0.25, 0.3) is 0 Å². The Labute approximate surface area is 82.5 Å². The lowest BCUT2D eigenvalue weighted by atomic mass is 10.2. The van der Waals surface area contributed by atoms with E-state index in [1.165, 1.54) is 12.8 Å². The smallest absolute Gasteiger partial charge is 0.356 e. The van der Waals surface area contributed by atoms with Crippen molar-refractivity contribution in [3.05, 3.63) is 17.5 Å². The first-order chi connectivity index (χ1) is 6.59. The van der Waals surface area contributed by atoms with Crippen LogP contribution in [-0.4, -0.2) is 20.9 Å². The van der Waals surface area contributed by atoms with E-state index in [9.17, 15) is 4.79 Å². The van der Waals surface area contributed by atoms with Crippen molar-refractivity contribution in [2.24, 2.45) is 5.92 Å². The fourth-order valence-electron chi connectivity index (χ4n) is 1.78. The van der Waals surface area contributed by atoms with Crippen LogP contribution in [0.4, 0.5) is 0 Å². The maximum absolute atomic E-state index is 10.7. The van der Waals surface area contributed by atoms with Crippen molar-refractivity contribution in [1.29, 1.82) is 0 Å². The number of aryl methyl sites for hydroxylation is 1. The van der Waals surface area contributed by atoms with Crippen molar-refractivity contribution in [1.82, 2.24) is 9.78 Å². The predicted molar refractivity (Wildman–Crippen MR) is 51.4 cm³/mol. The van der Waals surface area contributed by atoms with E-state index in [0.29, 0.717) is 12.0 Å². The summed E-state index contributed by atoms with van der Waals surface area (Å²) in [5.41, 5.74) is 1.08. The standard InChI is InChI=1S/C10H14N2O2/c1-6-5-9(10(13)14)11-12(6)7(2)8-3-4-8/h5,7-8H,3-4H2,1-2H3,(H,13,14)/t7-/m1/s1. The number of aromatic carboxylic acids is 1. The Kier molecular flexibility index (Phi) is 2.06. The lowest BCUT2D eigenvalue weighted by molar-refractivity contribution is 0.0689. The summed E-state index contributed by atoms with van der Waals surface area (Å²) in [5.74, 6) is -0.259. The molecule has 14 heavy (non-hydrogen) atoms. The molecule has 1 saturated carbocycles. The zero-order chi connectivity index (χ0) is 10.3. The van der Waals surface area contributed by atoms with E-state index >= 15 is 0 Å². The van der Waals surface area contributed by atoms with Crippen molar-refractivity contribution in [3.8, 4) is 0 Å². The van der Waals surface area contributed by atoms with Crippen LogP contribution in [0, 0.1) is 12.8 Å². The minimum absolute atomic E-state index is 0.148. The topological polar surface area (TPSA) is 55.1 Å². The molecular formula is C10H14N2O2. The van der Waals surface area contributed by atoms with Gasteiger partial charge in [0.15, 0.2) is 5.69 Å². The Bertz CT molecular complexity index is 366. The highest BCUT2D eigenvalue weighted by molar-refractivity contribution is 5.85. The SMILES string of the molecule is Cc1cc(C(=O)O)nn1[C@H](C)C1CC1. The average Bonchev–Trinajstić information content (AvgIpc) is 2.88. The molecule has 1 aromatic rings. The van der Waals surface area contributed by atoms with E-state index in [0.717, 1.165) is 5.69 Å². The molecule has 1 atom stereocenters. The number of carbonyl (C=O) groups is 1. The molecule has 0 unspecified atom stereocenters. The Hall–Kier alpha value is -1.32. The summed E-state index contributed by atoms with van der Waals surface area (Å²) in [4.78, 5) is 10.7. The van der Waals surface area contributed by atoms with Gasteiger partial charge in [0.25, 0.3) is 0 Å². The quantitative estimate of drug-likeness (QED) is 0.799. The number of nitrogens with zero attached hydrogens (tertiary/aromatic N) is 2. The normalized spacial score (nSPS) is 18.1. The van der Waals surface area contributed by atoms with Gasteiger partial charge in [-0.3, -0.25) is 4.68 Å². The van der Waals surface area contributed by atoms with Gasteiger partial charge < -0.3 is 5.11 Å². The molecule has 4 nitrogen and oxygen atoms in total. The zero-order valence-electron chi connectivity index (χ0n) is 8.40. The monoisotopic (exact) mass is 194 g/mol. The molecule has 1 heterocycles. The Morgan fingerprint density at radius 1 is 1.71 bits per heavy atom. The van der Waals surface area contributed by atoms with Crippen LogP contribution in [0.15, 0.2) is 6.07 Å². The van der Waals surface area contributed by atoms with Crippen LogP contribution in [0.2, 0.25) is 0 Å². The van der Waals surface area contributed by atoms with Crippen molar-refractivity contribution in [3.63, 3.8) is 0 Å². The highest BCUT2D eigenvalue weighted by Crippen LogP contribution is 2.39. The summed E-state index contributed by atoms with van der Waals surface area (Å²) in [6.07, 6.45) is 2.48. The molecule has 1 aliphatic rings. The van der Waals surface area contributed by atoms with Crippen molar-refractivity contribution in [2.75, 3.05) is 0 Å². The first-order valence-corrected chi connectivity index (χ1v) is 4.89. The fraction of sp³-hybridized carbons (Fsp3) is 0.600. The number of carboxylic acid groups (broad SMARTS) is 1. The molecule has 0 amide bonds. The van der Waals surface area contributed by atoms with Gasteiger partial charge in [-0.05, 0) is 38.7 Å². The number of carboxylic acids is 1. The van der Waals surface area contributed by atoms with Gasteiger partial charge in [0.2, 0.25) is 0 Å². The van der Waals surface area contributed by atoms with Gasteiger partial charge >= 0.3 is 5.97 Å². The highest BCUT2D eigenvalue weighted by Gasteiger charge is 2.30. The second-order valence-corrected chi connectivity index (χ2v) is 4.00. The Morgan fingerprint density at radius 3 is 2.79 bits per heavy atom. The van der Waals surface area contributed by atoms with E-state index in [1.54, 1.807) is 6.07 Å². The molecule has 4 heteroatoms. The third kappa shape index (κ3) is 1.52. The summed E-state index contributed by atoms with van der Waals surface area (Å²) >= 11 is 0. The van der Waals surface area contributed by atoms with Crippen LogP contribution in [0.1, 0.15) is 42.0 Å². The lowest BCUT2D eigenvalue weighted by Crippen LogP contribution is -2.11. The van der Waals surface area contributed by atoms with E-state index in [4.69, 9.17) is 5.11 Å². The minimum Gasteiger partial charge on any atom is -0.476 e. The first kappa shape index (κ1) is 9.24. The lowest BCUT2D eigenvalue weighted by Gasteiger charge is -2.12. The van der Waals surface area contributed by atoms with Gasteiger partial charge in [0, 0.05) is 5.69 Å². The van der Waals surface area contributed by atoms with Crippen molar-refractivity contribution >= 4 is 5.97 Å². The molecule has 1 fully saturated rings. The van der Waals surface area contributed by atoms with Gasteiger partial charge in [-0.2, -0.15) is 5.10 Å². The molecule has 1 aliphatic carbocycles. The van der Waals surface area contributed by atoms with E-state index in [1.807, 2.05) is 11.6 Å². The number of aromatic nitrogens is 2. The molecule has 0 aromatic carbocycles. The minimum atomic E-state index is -0.949. The maximum atomic E-state index is 10.7. The third-order valence-electron chi connectivity index (χ3n) is 2.83. The van der Waals surface area contributed by atoms with Crippen LogP contribution in [0.5, 0.6) is 0 Å². The van der Waals surface area contributed by atoms with E-state index in [-0.39, 0.29) is 5.69 Å². The van der Waals surface area contributed by atoms with E-state index < -0.39 is 5.97 Å². The molecule has 0 radical (unpaired) electrons. The summed E-state index contributed by atoms with van der Waals surface area (Å²) < 4.78 is 1.83. The van der Waals surface area contributed by atoms with Crippen LogP contribution >= 0.6 is 0 Å². The summed E-state index contributed by atoms with van der Waals surface area (Å²) in [5, 5.41) is 12.9. The average molecular weight is 194 g/mol. The largest absolute Gasteiger partial charge is 0.476 e. The molecule has 0 saturated heterocycles. The fourth-order valence-corrected chi connectivity index (χ4v) is 1.78. The molecule has 0 aliphatic heterocycles. The molecule has 0 spiro atoms. The molecule has 2 rings (SSSR count). The summed E-state index contributed by atoms with van der Waals surface area (Å²) in [7, 11) is 0.